The molecule has 0 unspecified atom stereocenters. The molecule has 0 spiro atoms. The number of hydrogen-bond donors (Lipinski definition) is 2. The van der Waals surface area contributed by atoms with Crippen molar-refractivity contribution >= 4 is 29.2 Å². The fourth-order valence-electron chi connectivity index (χ4n) is 4.93. The molecule has 3 amide bonds. The van der Waals surface area contributed by atoms with Gasteiger partial charge in [-0.2, -0.15) is 0 Å². The SMILES string of the molecule is Nc1ccc(N2Cc3cn(-c4ccc5c(c4)CN([C@@H]4CCC(=O)NC4=O)C5=O)cc3C2)cn1. The van der Waals surface area contributed by atoms with Crippen LogP contribution in [0.15, 0.2) is 48.9 Å². The number of aromatic nitrogens is 2. The topological polar surface area (TPSA) is 114 Å². The normalized spacial score (nSPS) is 19.6. The first-order chi connectivity index (χ1) is 16.0. The van der Waals surface area contributed by atoms with Crippen LogP contribution in [0.4, 0.5) is 11.5 Å². The van der Waals surface area contributed by atoms with E-state index >= 15 is 0 Å². The van der Waals surface area contributed by atoms with Crippen molar-refractivity contribution in [3.05, 3.63) is 71.2 Å². The number of fused-ring (bicyclic) bond motifs is 2. The Bertz CT molecular complexity index is 1290. The third-order valence-corrected chi connectivity index (χ3v) is 6.67. The number of anilines is 2. The predicted molar refractivity (Wildman–Crippen MR) is 120 cm³/mol. The van der Waals surface area contributed by atoms with Crippen molar-refractivity contribution in [2.24, 2.45) is 0 Å². The second kappa shape index (κ2) is 7.19. The molecule has 1 fully saturated rings. The van der Waals surface area contributed by atoms with E-state index in [1.54, 1.807) is 11.1 Å². The third kappa shape index (κ3) is 3.24. The molecule has 166 valence electrons. The van der Waals surface area contributed by atoms with Crippen LogP contribution in [0.1, 0.15) is 39.9 Å². The van der Waals surface area contributed by atoms with Crippen LogP contribution in [0.3, 0.4) is 0 Å². The van der Waals surface area contributed by atoms with Gasteiger partial charge in [0.05, 0.1) is 11.9 Å². The van der Waals surface area contributed by atoms with Crippen LogP contribution in [0, 0.1) is 0 Å². The van der Waals surface area contributed by atoms with Gasteiger partial charge in [-0.05, 0) is 53.4 Å². The van der Waals surface area contributed by atoms with Crippen LogP contribution in [-0.4, -0.2) is 38.2 Å². The Hall–Kier alpha value is -4.14. The number of piperidine rings is 1. The van der Waals surface area contributed by atoms with Crippen LogP contribution in [-0.2, 0) is 29.2 Å². The van der Waals surface area contributed by atoms with Crippen LogP contribution in [0.5, 0.6) is 0 Å². The van der Waals surface area contributed by atoms with Crippen molar-refractivity contribution in [2.45, 2.75) is 38.5 Å². The maximum atomic E-state index is 12.9. The van der Waals surface area contributed by atoms with Crippen molar-refractivity contribution in [3.8, 4) is 5.69 Å². The molecule has 3 aliphatic rings. The van der Waals surface area contributed by atoms with Gasteiger partial charge in [0.15, 0.2) is 0 Å². The molecule has 1 aromatic carbocycles. The molecule has 1 saturated heterocycles. The molecule has 0 aliphatic carbocycles. The molecule has 5 heterocycles. The molecular formula is C24H22N6O3. The van der Waals surface area contributed by atoms with Crippen molar-refractivity contribution < 1.29 is 14.4 Å². The van der Waals surface area contributed by atoms with Gasteiger partial charge in [-0.3, -0.25) is 19.7 Å². The Morgan fingerprint density at radius 1 is 0.939 bits per heavy atom. The fourth-order valence-corrected chi connectivity index (χ4v) is 4.93. The number of benzene rings is 1. The van der Waals surface area contributed by atoms with E-state index in [1.807, 2.05) is 30.3 Å². The van der Waals surface area contributed by atoms with Crippen molar-refractivity contribution in [1.82, 2.24) is 19.8 Å². The molecule has 0 radical (unpaired) electrons. The van der Waals surface area contributed by atoms with E-state index in [-0.39, 0.29) is 18.2 Å². The standard InChI is InChI=1S/C24H22N6O3/c25-21-5-2-18(8-26-21)29-11-15-9-28(10-16(15)12-29)17-1-3-19-14(7-17)13-30(24(19)33)20-4-6-22(31)27-23(20)32/h1-3,5,7-10,20H,4,6,11-13H2,(H2,25,26)(H,27,31,32)/t20-/m1/s1. The highest BCUT2D eigenvalue weighted by atomic mass is 16.2. The van der Waals surface area contributed by atoms with Gasteiger partial charge in [-0.25, -0.2) is 4.98 Å². The molecule has 2 aromatic heterocycles. The van der Waals surface area contributed by atoms with Crippen molar-refractivity contribution in [3.63, 3.8) is 0 Å². The number of rotatable bonds is 3. The molecule has 0 saturated carbocycles. The van der Waals surface area contributed by atoms with Crippen molar-refractivity contribution in [1.29, 1.82) is 0 Å². The summed E-state index contributed by atoms with van der Waals surface area (Å²) >= 11 is 0. The summed E-state index contributed by atoms with van der Waals surface area (Å²) in [5, 5.41) is 2.34. The largest absolute Gasteiger partial charge is 0.384 e. The predicted octanol–water partition coefficient (Wildman–Crippen LogP) is 1.74. The highest BCUT2D eigenvalue weighted by Crippen LogP contribution is 2.32. The number of hydrogen-bond acceptors (Lipinski definition) is 6. The fraction of sp³-hybridized carbons (Fsp3) is 0.250. The number of nitrogens with zero attached hydrogens (tertiary/aromatic N) is 4. The number of carbonyl (C=O) groups excluding carboxylic acids is 3. The molecule has 33 heavy (non-hydrogen) atoms. The number of amides is 3. The zero-order valence-electron chi connectivity index (χ0n) is 17.8. The van der Waals surface area contributed by atoms with Crippen LogP contribution in [0.25, 0.3) is 5.69 Å². The Labute approximate surface area is 189 Å². The number of nitrogen functional groups attached to an aromatic ring is 1. The lowest BCUT2D eigenvalue weighted by Crippen LogP contribution is -2.52. The summed E-state index contributed by atoms with van der Waals surface area (Å²) in [4.78, 5) is 44.6. The van der Waals surface area contributed by atoms with E-state index in [4.69, 9.17) is 5.73 Å². The van der Waals surface area contributed by atoms with E-state index in [0.717, 1.165) is 30.0 Å². The lowest BCUT2D eigenvalue weighted by atomic mass is 10.0. The summed E-state index contributed by atoms with van der Waals surface area (Å²) in [6.45, 7) is 1.95. The lowest BCUT2D eigenvalue weighted by Gasteiger charge is -2.29. The van der Waals surface area contributed by atoms with Gasteiger partial charge in [0.1, 0.15) is 11.9 Å². The Morgan fingerprint density at radius 3 is 2.39 bits per heavy atom. The number of carbonyl (C=O) groups is 3. The maximum absolute atomic E-state index is 12.9. The summed E-state index contributed by atoms with van der Waals surface area (Å²) < 4.78 is 2.09. The lowest BCUT2D eigenvalue weighted by molar-refractivity contribution is -0.136. The van der Waals surface area contributed by atoms with E-state index in [2.05, 4.69) is 32.2 Å². The molecule has 9 heteroatoms. The number of pyridine rings is 1. The minimum absolute atomic E-state index is 0.159. The molecule has 3 aliphatic heterocycles. The van der Waals surface area contributed by atoms with Gasteiger partial charge in [0, 0.05) is 49.7 Å². The Kier molecular flexibility index (Phi) is 4.26. The molecule has 3 N–H and O–H groups in total. The highest BCUT2D eigenvalue weighted by Gasteiger charge is 2.39. The van der Waals surface area contributed by atoms with E-state index in [0.29, 0.717) is 24.3 Å². The second-order valence-electron chi connectivity index (χ2n) is 8.75. The average molecular weight is 442 g/mol. The Morgan fingerprint density at radius 2 is 1.70 bits per heavy atom. The molecule has 9 nitrogen and oxygen atoms in total. The zero-order chi connectivity index (χ0) is 22.7. The Balaban J connectivity index is 1.21. The van der Waals surface area contributed by atoms with Gasteiger partial charge < -0.3 is 20.1 Å². The van der Waals surface area contributed by atoms with Crippen molar-refractivity contribution in [2.75, 3.05) is 10.6 Å². The van der Waals surface area contributed by atoms with Gasteiger partial charge in [0.2, 0.25) is 11.8 Å². The van der Waals surface area contributed by atoms with E-state index < -0.39 is 11.9 Å². The highest BCUT2D eigenvalue weighted by molar-refractivity contribution is 6.05. The van der Waals surface area contributed by atoms with E-state index in [9.17, 15) is 14.4 Å². The van der Waals surface area contributed by atoms with Gasteiger partial charge in [0.25, 0.3) is 5.91 Å². The van der Waals surface area contributed by atoms with Gasteiger partial charge in [-0.1, -0.05) is 0 Å². The third-order valence-electron chi connectivity index (χ3n) is 6.67. The first kappa shape index (κ1) is 19.5. The minimum Gasteiger partial charge on any atom is -0.384 e. The quantitative estimate of drug-likeness (QED) is 0.598. The molecule has 6 rings (SSSR count). The molecule has 3 aromatic rings. The zero-order valence-corrected chi connectivity index (χ0v) is 17.8. The molecule has 1 atom stereocenters. The number of nitrogens with one attached hydrogen (secondary N) is 1. The van der Waals surface area contributed by atoms with E-state index in [1.165, 1.54) is 11.1 Å². The number of imide groups is 1. The number of nitrogens with two attached hydrogens (primary N) is 1. The smallest absolute Gasteiger partial charge is 0.255 e. The monoisotopic (exact) mass is 442 g/mol. The van der Waals surface area contributed by atoms with Gasteiger partial charge in [-0.15, -0.1) is 0 Å². The first-order valence-corrected chi connectivity index (χ1v) is 10.9. The maximum Gasteiger partial charge on any atom is 0.255 e. The summed E-state index contributed by atoms with van der Waals surface area (Å²) in [5.74, 6) is -0.326. The summed E-state index contributed by atoms with van der Waals surface area (Å²) in [6, 6.07) is 8.96. The summed E-state index contributed by atoms with van der Waals surface area (Å²) in [6.07, 6.45) is 6.65. The summed E-state index contributed by atoms with van der Waals surface area (Å²) in [7, 11) is 0. The minimum atomic E-state index is -0.602. The second-order valence-corrected chi connectivity index (χ2v) is 8.75. The average Bonchev–Trinajstić information content (AvgIpc) is 3.46. The molecular weight excluding hydrogens is 420 g/mol. The summed E-state index contributed by atoms with van der Waals surface area (Å²) in [5.41, 5.74) is 11.7. The molecule has 0 bridgehead atoms. The van der Waals surface area contributed by atoms with Gasteiger partial charge >= 0.3 is 0 Å². The van der Waals surface area contributed by atoms with Crippen LogP contribution < -0.4 is 16.0 Å². The van der Waals surface area contributed by atoms with Crippen LogP contribution >= 0.6 is 0 Å². The van der Waals surface area contributed by atoms with Crippen LogP contribution in [0.2, 0.25) is 0 Å². The first-order valence-electron chi connectivity index (χ1n) is 10.9.